The number of nitro groups is 1. The Kier molecular flexibility index (Phi) is 4.32. The van der Waals surface area contributed by atoms with Crippen molar-refractivity contribution in [3.63, 3.8) is 0 Å². The van der Waals surface area contributed by atoms with Crippen LogP contribution in [0, 0.1) is 10.1 Å². The SMILES string of the molecule is O=C(O)C1CNCCN1c1c(Cl)cc([N+](=O)[O-])cc1Cl. The second kappa shape index (κ2) is 5.82. The van der Waals surface area contributed by atoms with Gasteiger partial charge in [-0.05, 0) is 0 Å². The van der Waals surface area contributed by atoms with Gasteiger partial charge in [0, 0.05) is 31.8 Å². The van der Waals surface area contributed by atoms with Gasteiger partial charge in [-0.1, -0.05) is 23.2 Å². The van der Waals surface area contributed by atoms with E-state index in [4.69, 9.17) is 23.2 Å². The summed E-state index contributed by atoms with van der Waals surface area (Å²) in [6.07, 6.45) is 0. The smallest absolute Gasteiger partial charge is 0.327 e. The Morgan fingerprint density at radius 1 is 1.45 bits per heavy atom. The number of benzene rings is 1. The molecular formula is C11H11Cl2N3O4. The van der Waals surface area contributed by atoms with E-state index in [1.54, 1.807) is 4.90 Å². The Morgan fingerprint density at radius 3 is 2.55 bits per heavy atom. The Bertz CT molecular complexity index is 544. The number of carboxylic acid groups (broad SMARTS) is 1. The molecule has 0 aliphatic carbocycles. The van der Waals surface area contributed by atoms with Crippen molar-refractivity contribution in [2.24, 2.45) is 0 Å². The monoisotopic (exact) mass is 319 g/mol. The summed E-state index contributed by atoms with van der Waals surface area (Å²) in [6.45, 7) is 1.22. The third-order valence-corrected chi connectivity index (χ3v) is 3.60. The number of piperazine rings is 1. The van der Waals surface area contributed by atoms with Crippen LogP contribution in [-0.4, -0.2) is 41.7 Å². The van der Waals surface area contributed by atoms with Crippen molar-refractivity contribution in [1.29, 1.82) is 0 Å². The lowest BCUT2D eigenvalue weighted by Crippen LogP contribution is -2.55. The Balaban J connectivity index is 2.45. The first-order chi connectivity index (χ1) is 9.41. The highest BCUT2D eigenvalue weighted by Crippen LogP contribution is 2.38. The van der Waals surface area contributed by atoms with E-state index in [2.05, 4.69) is 5.32 Å². The molecule has 108 valence electrons. The number of nitrogens with one attached hydrogen (secondary N) is 1. The molecule has 2 N–H and O–H groups in total. The molecule has 1 aliphatic heterocycles. The van der Waals surface area contributed by atoms with Crippen LogP contribution in [0.2, 0.25) is 10.0 Å². The van der Waals surface area contributed by atoms with Gasteiger partial charge in [-0.15, -0.1) is 0 Å². The highest BCUT2D eigenvalue weighted by atomic mass is 35.5. The van der Waals surface area contributed by atoms with Crippen molar-refractivity contribution < 1.29 is 14.8 Å². The predicted octanol–water partition coefficient (Wildman–Crippen LogP) is 1.76. The third kappa shape index (κ3) is 2.79. The van der Waals surface area contributed by atoms with E-state index in [1.165, 1.54) is 12.1 Å². The quantitative estimate of drug-likeness (QED) is 0.651. The molecule has 1 fully saturated rings. The predicted molar refractivity (Wildman–Crippen MR) is 74.8 cm³/mol. The molecule has 20 heavy (non-hydrogen) atoms. The van der Waals surface area contributed by atoms with Crippen LogP contribution in [0.5, 0.6) is 0 Å². The van der Waals surface area contributed by atoms with Crippen molar-refractivity contribution in [2.75, 3.05) is 24.5 Å². The number of carbonyl (C=O) groups is 1. The van der Waals surface area contributed by atoms with Crippen LogP contribution in [0.4, 0.5) is 11.4 Å². The maximum absolute atomic E-state index is 11.3. The average Bonchev–Trinajstić information content (AvgIpc) is 2.38. The highest BCUT2D eigenvalue weighted by Gasteiger charge is 2.31. The van der Waals surface area contributed by atoms with Gasteiger partial charge in [0.1, 0.15) is 6.04 Å². The zero-order chi connectivity index (χ0) is 14.9. The average molecular weight is 320 g/mol. The van der Waals surface area contributed by atoms with E-state index in [0.717, 1.165) is 0 Å². The number of anilines is 1. The van der Waals surface area contributed by atoms with E-state index in [0.29, 0.717) is 18.8 Å². The minimum absolute atomic E-state index is 0.0670. The molecule has 1 aromatic rings. The molecule has 0 amide bonds. The van der Waals surface area contributed by atoms with E-state index in [1.807, 2.05) is 0 Å². The molecular weight excluding hydrogens is 309 g/mol. The van der Waals surface area contributed by atoms with Gasteiger partial charge in [-0.2, -0.15) is 0 Å². The van der Waals surface area contributed by atoms with E-state index < -0.39 is 16.9 Å². The Labute approximate surface area is 124 Å². The van der Waals surface area contributed by atoms with Gasteiger partial charge in [0.05, 0.1) is 20.7 Å². The Morgan fingerprint density at radius 2 is 2.05 bits per heavy atom. The number of rotatable bonds is 3. The molecule has 0 saturated carbocycles. The van der Waals surface area contributed by atoms with Gasteiger partial charge in [0.2, 0.25) is 0 Å². The van der Waals surface area contributed by atoms with Gasteiger partial charge in [-0.25, -0.2) is 4.79 Å². The van der Waals surface area contributed by atoms with Gasteiger partial charge < -0.3 is 15.3 Å². The fraction of sp³-hybridized carbons (Fsp3) is 0.364. The summed E-state index contributed by atoms with van der Waals surface area (Å²) in [5, 5.41) is 23.1. The lowest BCUT2D eigenvalue weighted by Gasteiger charge is -2.36. The van der Waals surface area contributed by atoms with E-state index in [-0.39, 0.29) is 22.3 Å². The second-order valence-electron chi connectivity index (χ2n) is 4.27. The largest absolute Gasteiger partial charge is 0.480 e. The summed E-state index contributed by atoms with van der Waals surface area (Å²) in [4.78, 5) is 22.9. The number of halogens is 2. The van der Waals surface area contributed by atoms with Crippen molar-refractivity contribution in [1.82, 2.24) is 5.32 Å². The number of nitro benzene ring substituents is 1. The van der Waals surface area contributed by atoms with Crippen LogP contribution in [0.3, 0.4) is 0 Å². The van der Waals surface area contributed by atoms with Crippen LogP contribution >= 0.6 is 23.2 Å². The summed E-state index contributed by atoms with van der Waals surface area (Å²) >= 11 is 12.1. The highest BCUT2D eigenvalue weighted by molar-refractivity contribution is 6.39. The molecule has 9 heteroatoms. The zero-order valence-corrected chi connectivity index (χ0v) is 11.7. The minimum Gasteiger partial charge on any atom is -0.480 e. The summed E-state index contributed by atoms with van der Waals surface area (Å²) in [7, 11) is 0. The molecule has 0 spiro atoms. The normalized spacial score (nSPS) is 18.9. The fourth-order valence-corrected chi connectivity index (χ4v) is 2.82. The topological polar surface area (TPSA) is 95.7 Å². The van der Waals surface area contributed by atoms with Crippen LogP contribution in [-0.2, 0) is 4.79 Å². The molecule has 0 aromatic heterocycles. The summed E-state index contributed by atoms with van der Waals surface area (Å²) in [6, 6.07) is 1.52. The molecule has 1 aromatic carbocycles. The minimum atomic E-state index is -1.01. The number of non-ortho nitro benzene ring substituents is 1. The number of carboxylic acids is 1. The zero-order valence-electron chi connectivity index (χ0n) is 10.2. The lowest BCUT2D eigenvalue weighted by molar-refractivity contribution is -0.384. The molecule has 0 bridgehead atoms. The number of hydrogen-bond acceptors (Lipinski definition) is 5. The first kappa shape index (κ1) is 14.8. The molecule has 1 unspecified atom stereocenters. The molecule has 7 nitrogen and oxygen atoms in total. The van der Waals surface area contributed by atoms with Crippen molar-refractivity contribution >= 4 is 40.5 Å². The van der Waals surface area contributed by atoms with E-state index in [9.17, 15) is 20.0 Å². The van der Waals surface area contributed by atoms with Gasteiger partial charge >= 0.3 is 5.97 Å². The summed E-state index contributed by atoms with van der Waals surface area (Å²) < 4.78 is 0. The first-order valence-corrected chi connectivity index (χ1v) is 6.51. The lowest BCUT2D eigenvalue weighted by atomic mass is 10.1. The van der Waals surface area contributed by atoms with Crippen molar-refractivity contribution in [3.8, 4) is 0 Å². The van der Waals surface area contributed by atoms with Gasteiger partial charge in [0.25, 0.3) is 5.69 Å². The third-order valence-electron chi connectivity index (χ3n) is 3.03. The molecule has 1 aliphatic rings. The number of hydrogen-bond donors (Lipinski definition) is 2. The van der Waals surface area contributed by atoms with Crippen LogP contribution in [0.25, 0.3) is 0 Å². The molecule has 0 radical (unpaired) electrons. The Hall–Kier alpha value is -1.57. The van der Waals surface area contributed by atoms with Gasteiger partial charge in [0.15, 0.2) is 0 Å². The van der Waals surface area contributed by atoms with Crippen molar-refractivity contribution in [3.05, 3.63) is 32.3 Å². The van der Waals surface area contributed by atoms with E-state index >= 15 is 0 Å². The van der Waals surface area contributed by atoms with Crippen molar-refractivity contribution in [2.45, 2.75) is 6.04 Å². The second-order valence-corrected chi connectivity index (χ2v) is 5.08. The fourth-order valence-electron chi connectivity index (χ4n) is 2.12. The molecule has 2 rings (SSSR count). The van der Waals surface area contributed by atoms with Crippen LogP contribution < -0.4 is 10.2 Å². The summed E-state index contributed by atoms with van der Waals surface area (Å²) in [5.41, 5.74) is 0.0820. The standard InChI is InChI=1S/C11H11Cl2N3O4/c12-7-3-6(16(19)20)4-8(13)10(7)15-2-1-14-5-9(15)11(17)18/h3-4,9,14H,1-2,5H2,(H,17,18). The number of aliphatic carboxylic acids is 1. The van der Waals surface area contributed by atoms with Crippen LogP contribution in [0.15, 0.2) is 12.1 Å². The first-order valence-electron chi connectivity index (χ1n) is 5.75. The molecule has 1 atom stereocenters. The summed E-state index contributed by atoms with van der Waals surface area (Å²) in [5.74, 6) is -1.01. The molecule has 1 saturated heterocycles. The maximum atomic E-state index is 11.3. The molecule has 1 heterocycles. The van der Waals surface area contributed by atoms with Crippen LogP contribution in [0.1, 0.15) is 0 Å². The number of nitrogens with zero attached hydrogens (tertiary/aromatic N) is 2. The maximum Gasteiger partial charge on any atom is 0.327 e. The van der Waals surface area contributed by atoms with Gasteiger partial charge in [-0.3, -0.25) is 10.1 Å².